The molecule has 0 aromatic carbocycles. The predicted molar refractivity (Wildman–Crippen MR) is 82.0 cm³/mol. The predicted octanol–water partition coefficient (Wildman–Crippen LogP) is 1.55. The number of hydrogen-bond donors (Lipinski definition) is 1. The maximum absolute atomic E-state index is 12.2. The number of amides is 1. The summed E-state index contributed by atoms with van der Waals surface area (Å²) in [4.78, 5) is 38.2. The van der Waals surface area contributed by atoms with E-state index in [1.807, 2.05) is 18.9 Å². The van der Waals surface area contributed by atoms with E-state index in [4.69, 9.17) is 0 Å². The molecule has 1 aliphatic heterocycles. The van der Waals surface area contributed by atoms with Gasteiger partial charge in [0.25, 0.3) is 0 Å². The van der Waals surface area contributed by atoms with Crippen LogP contribution in [0.4, 0.5) is 0 Å². The summed E-state index contributed by atoms with van der Waals surface area (Å²) in [6, 6.07) is -0.625. The zero-order valence-corrected chi connectivity index (χ0v) is 13.6. The van der Waals surface area contributed by atoms with Gasteiger partial charge in [0, 0.05) is 18.8 Å². The highest BCUT2D eigenvalue weighted by Crippen LogP contribution is 2.12. The standard InChI is InChI=1S/C16H28N2O3/c1-11-10-15(20)13(3)18(4)9-7-5-6-8-14(19)12(2)17-16(11)21/h11-13H,5-10H2,1-4H3,(H,17,21). The van der Waals surface area contributed by atoms with Gasteiger partial charge in [0.05, 0.1) is 12.1 Å². The Morgan fingerprint density at radius 3 is 2.33 bits per heavy atom. The van der Waals surface area contributed by atoms with Gasteiger partial charge in [-0.3, -0.25) is 19.3 Å². The number of likely N-dealkylation sites (N-methyl/N-ethyl adjacent to an activating group) is 1. The lowest BCUT2D eigenvalue weighted by molar-refractivity contribution is -0.132. The average molecular weight is 296 g/mol. The Hall–Kier alpha value is -1.23. The monoisotopic (exact) mass is 296 g/mol. The van der Waals surface area contributed by atoms with E-state index in [-0.39, 0.29) is 29.9 Å². The minimum Gasteiger partial charge on any atom is -0.346 e. The Labute approximate surface area is 127 Å². The van der Waals surface area contributed by atoms with Crippen molar-refractivity contribution in [2.45, 2.75) is 65.0 Å². The molecule has 0 aliphatic carbocycles. The summed E-state index contributed by atoms with van der Waals surface area (Å²) in [5, 5.41) is 2.73. The molecule has 1 amide bonds. The Balaban J connectivity index is 2.75. The van der Waals surface area contributed by atoms with Crippen LogP contribution in [0.1, 0.15) is 52.9 Å². The van der Waals surface area contributed by atoms with Crippen molar-refractivity contribution in [2.24, 2.45) is 5.92 Å². The number of carbonyl (C=O) groups is 3. The van der Waals surface area contributed by atoms with Crippen LogP contribution in [-0.4, -0.2) is 48.0 Å². The first-order chi connectivity index (χ1) is 9.82. The molecule has 3 atom stereocenters. The summed E-state index contributed by atoms with van der Waals surface area (Å²) in [5.41, 5.74) is 0. The van der Waals surface area contributed by atoms with Crippen LogP contribution in [0.3, 0.4) is 0 Å². The SMILES string of the molecule is CC1CC(=O)C(C)N(C)CCCCCC(=O)C(C)NC1=O. The Kier molecular flexibility index (Phi) is 7.02. The van der Waals surface area contributed by atoms with Crippen molar-refractivity contribution in [2.75, 3.05) is 13.6 Å². The molecule has 5 heteroatoms. The van der Waals surface area contributed by atoms with Gasteiger partial charge in [0.15, 0.2) is 5.78 Å². The first-order valence-electron chi connectivity index (χ1n) is 7.89. The van der Waals surface area contributed by atoms with E-state index in [1.54, 1.807) is 13.8 Å². The first kappa shape index (κ1) is 17.8. The first-order valence-corrected chi connectivity index (χ1v) is 7.89. The van der Waals surface area contributed by atoms with Crippen molar-refractivity contribution in [1.82, 2.24) is 10.2 Å². The summed E-state index contributed by atoms with van der Waals surface area (Å²) >= 11 is 0. The fourth-order valence-corrected chi connectivity index (χ4v) is 2.49. The molecular formula is C16H28N2O3. The molecule has 1 N–H and O–H groups in total. The maximum Gasteiger partial charge on any atom is 0.223 e. The van der Waals surface area contributed by atoms with Crippen molar-refractivity contribution < 1.29 is 14.4 Å². The van der Waals surface area contributed by atoms with Gasteiger partial charge >= 0.3 is 0 Å². The molecule has 0 spiro atoms. The zero-order valence-electron chi connectivity index (χ0n) is 13.6. The fraction of sp³-hybridized carbons (Fsp3) is 0.812. The number of rotatable bonds is 0. The molecule has 0 radical (unpaired) electrons. The number of nitrogens with zero attached hydrogens (tertiary/aromatic N) is 1. The highest BCUT2D eigenvalue weighted by Gasteiger charge is 2.25. The average Bonchev–Trinajstić information content (AvgIpc) is 2.44. The number of nitrogens with one attached hydrogen (secondary N) is 1. The van der Waals surface area contributed by atoms with Gasteiger partial charge in [-0.1, -0.05) is 13.3 Å². The van der Waals surface area contributed by atoms with Gasteiger partial charge in [0.2, 0.25) is 5.91 Å². The van der Waals surface area contributed by atoms with Gasteiger partial charge in [-0.2, -0.15) is 0 Å². The van der Waals surface area contributed by atoms with Crippen molar-refractivity contribution in [3.63, 3.8) is 0 Å². The lowest BCUT2D eigenvalue weighted by Crippen LogP contribution is -2.43. The fourth-order valence-electron chi connectivity index (χ4n) is 2.49. The third-order valence-corrected chi connectivity index (χ3v) is 4.36. The van der Waals surface area contributed by atoms with E-state index in [2.05, 4.69) is 5.32 Å². The van der Waals surface area contributed by atoms with Crippen molar-refractivity contribution in [3.8, 4) is 0 Å². The van der Waals surface area contributed by atoms with Gasteiger partial charge in [-0.15, -0.1) is 0 Å². The van der Waals surface area contributed by atoms with E-state index < -0.39 is 12.0 Å². The molecule has 21 heavy (non-hydrogen) atoms. The van der Waals surface area contributed by atoms with Crippen LogP contribution in [0.5, 0.6) is 0 Å². The Bertz CT molecular complexity index is 395. The van der Waals surface area contributed by atoms with Gasteiger partial charge in [0.1, 0.15) is 5.78 Å². The van der Waals surface area contributed by atoms with Crippen LogP contribution in [-0.2, 0) is 14.4 Å². The lowest BCUT2D eigenvalue weighted by Gasteiger charge is -2.25. The second kappa shape index (κ2) is 8.27. The zero-order chi connectivity index (χ0) is 16.0. The van der Waals surface area contributed by atoms with Crippen LogP contribution in [0.15, 0.2) is 0 Å². The van der Waals surface area contributed by atoms with Crippen LogP contribution >= 0.6 is 0 Å². The smallest absolute Gasteiger partial charge is 0.223 e. The minimum atomic E-state index is -0.460. The molecule has 0 saturated carbocycles. The topological polar surface area (TPSA) is 66.5 Å². The molecule has 1 saturated heterocycles. The van der Waals surface area contributed by atoms with E-state index in [9.17, 15) is 14.4 Å². The van der Waals surface area contributed by atoms with Crippen LogP contribution in [0.2, 0.25) is 0 Å². The van der Waals surface area contributed by atoms with Crippen LogP contribution < -0.4 is 5.32 Å². The Morgan fingerprint density at radius 2 is 1.67 bits per heavy atom. The molecule has 1 aliphatic rings. The molecule has 1 rings (SSSR count). The molecule has 0 aromatic rings. The molecule has 0 aromatic heterocycles. The molecule has 5 nitrogen and oxygen atoms in total. The highest BCUT2D eigenvalue weighted by molar-refractivity contribution is 5.92. The molecule has 3 unspecified atom stereocenters. The maximum atomic E-state index is 12.2. The molecule has 0 bridgehead atoms. The number of hydrogen-bond acceptors (Lipinski definition) is 4. The van der Waals surface area contributed by atoms with Gasteiger partial charge in [-0.25, -0.2) is 0 Å². The molecule has 120 valence electrons. The van der Waals surface area contributed by atoms with Crippen molar-refractivity contribution in [3.05, 3.63) is 0 Å². The number of Topliss-reactive ketones (excluding diaryl/α,β-unsaturated/α-hetero) is 2. The van der Waals surface area contributed by atoms with Crippen LogP contribution in [0.25, 0.3) is 0 Å². The number of ketones is 2. The molecule has 1 heterocycles. The van der Waals surface area contributed by atoms with E-state index >= 15 is 0 Å². The van der Waals surface area contributed by atoms with Gasteiger partial charge in [-0.05, 0) is 40.3 Å². The summed E-state index contributed by atoms with van der Waals surface area (Å²) in [7, 11) is 1.94. The highest BCUT2D eigenvalue weighted by atomic mass is 16.2. The molecular weight excluding hydrogens is 268 g/mol. The van der Waals surface area contributed by atoms with Crippen molar-refractivity contribution in [1.29, 1.82) is 0 Å². The Morgan fingerprint density at radius 1 is 1.00 bits per heavy atom. The quantitative estimate of drug-likeness (QED) is 0.736. The summed E-state index contributed by atoms with van der Waals surface area (Å²) < 4.78 is 0. The van der Waals surface area contributed by atoms with E-state index in [1.165, 1.54) is 0 Å². The van der Waals surface area contributed by atoms with Gasteiger partial charge < -0.3 is 5.32 Å². The summed E-state index contributed by atoms with van der Waals surface area (Å²) in [6.45, 7) is 6.20. The second-order valence-electron chi connectivity index (χ2n) is 6.24. The lowest BCUT2D eigenvalue weighted by atomic mass is 9.98. The third kappa shape index (κ3) is 5.58. The largest absolute Gasteiger partial charge is 0.346 e. The van der Waals surface area contributed by atoms with E-state index in [0.717, 1.165) is 25.8 Å². The minimum absolute atomic E-state index is 0.0701. The van der Waals surface area contributed by atoms with Crippen molar-refractivity contribution >= 4 is 17.5 Å². The number of carbonyl (C=O) groups excluding carboxylic acids is 3. The van der Waals surface area contributed by atoms with E-state index in [0.29, 0.717) is 6.42 Å². The summed E-state index contributed by atoms with van der Waals surface area (Å²) in [5.74, 6) is -0.459. The van der Waals surface area contributed by atoms with Crippen LogP contribution in [0, 0.1) is 5.92 Å². The molecule has 1 fully saturated rings. The third-order valence-electron chi connectivity index (χ3n) is 4.36. The normalized spacial score (nSPS) is 31.6. The summed E-state index contributed by atoms with van der Waals surface area (Å²) in [6.07, 6.45) is 3.52. The second-order valence-corrected chi connectivity index (χ2v) is 6.24.